The third-order valence-corrected chi connectivity index (χ3v) is 2.66. The molecule has 20 heavy (non-hydrogen) atoms. The number of aromatic nitrogens is 2. The first-order chi connectivity index (χ1) is 9.56. The lowest BCUT2D eigenvalue weighted by Gasteiger charge is -2.11. The van der Waals surface area contributed by atoms with Gasteiger partial charge >= 0.3 is 0 Å². The van der Waals surface area contributed by atoms with Crippen molar-refractivity contribution in [3.63, 3.8) is 0 Å². The van der Waals surface area contributed by atoms with Gasteiger partial charge in [-0.25, -0.2) is 0 Å². The molecule has 0 aliphatic rings. The van der Waals surface area contributed by atoms with Crippen LogP contribution in [-0.2, 0) is 11.3 Å². The van der Waals surface area contributed by atoms with Gasteiger partial charge in [-0.3, -0.25) is 14.3 Å². The third kappa shape index (κ3) is 3.44. The van der Waals surface area contributed by atoms with Gasteiger partial charge in [0.05, 0.1) is 0 Å². The van der Waals surface area contributed by atoms with E-state index in [2.05, 4.69) is 10.4 Å². The van der Waals surface area contributed by atoms with Crippen LogP contribution in [0.15, 0.2) is 42.7 Å². The molecular formula is C14H16N4O2. The molecule has 0 bridgehead atoms. The van der Waals surface area contributed by atoms with Gasteiger partial charge in [0.1, 0.15) is 6.54 Å². The van der Waals surface area contributed by atoms with E-state index in [9.17, 15) is 9.59 Å². The SMILES string of the molecule is CN(C)C(=O)c1cccc(NC(=O)Cn2cccn2)c1. The smallest absolute Gasteiger partial charge is 0.253 e. The minimum absolute atomic E-state index is 0.104. The van der Waals surface area contributed by atoms with Crippen LogP contribution >= 0.6 is 0 Å². The lowest BCUT2D eigenvalue weighted by atomic mass is 10.2. The summed E-state index contributed by atoms with van der Waals surface area (Å²) in [6.07, 6.45) is 3.33. The van der Waals surface area contributed by atoms with Crippen molar-refractivity contribution in [1.29, 1.82) is 0 Å². The van der Waals surface area contributed by atoms with Crippen LogP contribution in [0.25, 0.3) is 0 Å². The standard InChI is InChI=1S/C14H16N4O2/c1-17(2)14(20)11-5-3-6-12(9-11)16-13(19)10-18-8-4-7-15-18/h3-9H,10H2,1-2H3,(H,16,19). The van der Waals surface area contributed by atoms with Crippen LogP contribution in [0.4, 0.5) is 5.69 Å². The largest absolute Gasteiger partial charge is 0.345 e. The first-order valence-electron chi connectivity index (χ1n) is 6.15. The molecule has 0 atom stereocenters. The number of carbonyl (C=O) groups excluding carboxylic acids is 2. The van der Waals surface area contributed by atoms with Crippen LogP contribution in [-0.4, -0.2) is 40.6 Å². The molecular weight excluding hydrogens is 256 g/mol. The fraction of sp³-hybridized carbons (Fsp3) is 0.214. The molecule has 6 heteroatoms. The Morgan fingerprint density at radius 2 is 2.10 bits per heavy atom. The van der Waals surface area contributed by atoms with E-state index in [1.807, 2.05) is 0 Å². The van der Waals surface area contributed by atoms with Gasteiger partial charge < -0.3 is 10.2 Å². The Labute approximate surface area is 117 Å². The van der Waals surface area contributed by atoms with Crippen LogP contribution in [0.3, 0.4) is 0 Å². The summed E-state index contributed by atoms with van der Waals surface area (Å²) in [6.45, 7) is 0.138. The maximum atomic E-state index is 11.8. The van der Waals surface area contributed by atoms with E-state index in [1.54, 1.807) is 56.8 Å². The molecule has 0 unspecified atom stereocenters. The predicted octanol–water partition coefficient (Wildman–Crippen LogP) is 1.22. The van der Waals surface area contributed by atoms with E-state index in [-0.39, 0.29) is 18.4 Å². The molecule has 104 valence electrons. The zero-order chi connectivity index (χ0) is 14.5. The Kier molecular flexibility index (Phi) is 4.14. The average Bonchev–Trinajstić information content (AvgIpc) is 2.90. The molecule has 2 amide bonds. The number of amides is 2. The normalized spacial score (nSPS) is 10.1. The summed E-state index contributed by atoms with van der Waals surface area (Å²) in [5.74, 6) is -0.295. The van der Waals surface area contributed by atoms with Gasteiger partial charge in [-0.05, 0) is 24.3 Å². The van der Waals surface area contributed by atoms with Crippen molar-refractivity contribution in [2.45, 2.75) is 6.54 Å². The van der Waals surface area contributed by atoms with Crippen molar-refractivity contribution in [2.75, 3.05) is 19.4 Å². The number of hydrogen-bond donors (Lipinski definition) is 1. The molecule has 0 fully saturated rings. The monoisotopic (exact) mass is 272 g/mol. The topological polar surface area (TPSA) is 67.2 Å². The minimum atomic E-state index is -0.192. The van der Waals surface area contributed by atoms with Gasteiger partial charge in [0, 0.05) is 37.7 Å². The zero-order valence-electron chi connectivity index (χ0n) is 11.4. The van der Waals surface area contributed by atoms with Gasteiger partial charge in [-0.15, -0.1) is 0 Å². The van der Waals surface area contributed by atoms with E-state index in [4.69, 9.17) is 0 Å². The molecule has 1 N–H and O–H groups in total. The third-order valence-electron chi connectivity index (χ3n) is 2.66. The molecule has 2 aromatic rings. The van der Waals surface area contributed by atoms with E-state index < -0.39 is 0 Å². The fourth-order valence-corrected chi connectivity index (χ4v) is 1.73. The van der Waals surface area contributed by atoms with E-state index >= 15 is 0 Å². The Morgan fingerprint density at radius 1 is 1.30 bits per heavy atom. The van der Waals surface area contributed by atoms with E-state index in [1.165, 1.54) is 9.58 Å². The molecule has 1 aromatic carbocycles. The molecule has 0 radical (unpaired) electrons. The summed E-state index contributed by atoms with van der Waals surface area (Å²) in [5, 5.41) is 6.71. The number of benzene rings is 1. The highest BCUT2D eigenvalue weighted by atomic mass is 16.2. The number of hydrogen-bond acceptors (Lipinski definition) is 3. The molecule has 2 rings (SSSR count). The van der Waals surface area contributed by atoms with Crippen LogP contribution in [0.5, 0.6) is 0 Å². The molecule has 0 aliphatic heterocycles. The second-order valence-electron chi connectivity index (χ2n) is 4.53. The molecule has 0 aliphatic carbocycles. The van der Waals surface area contributed by atoms with Crippen molar-refractivity contribution < 1.29 is 9.59 Å². The van der Waals surface area contributed by atoms with E-state index in [0.29, 0.717) is 11.3 Å². The second kappa shape index (κ2) is 6.01. The summed E-state index contributed by atoms with van der Waals surface area (Å²) in [5.41, 5.74) is 1.13. The summed E-state index contributed by atoms with van der Waals surface area (Å²) < 4.78 is 1.53. The lowest BCUT2D eigenvalue weighted by molar-refractivity contribution is -0.116. The lowest BCUT2D eigenvalue weighted by Crippen LogP contribution is -2.22. The van der Waals surface area contributed by atoms with Crippen molar-refractivity contribution >= 4 is 17.5 Å². The highest BCUT2D eigenvalue weighted by molar-refractivity contribution is 5.96. The zero-order valence-corrected chi connectivity index (χ0v) is 11.4. The number of nitrogens with zero attached hydrogens (tertiary/aromatic N) is 3. The highest BCUT2D eigenvalue weighted by Crippen LogP contribution is 2.12. The van der Waals surface area contributed by atoms with Gasteiger partial charge in [0.2, 0.25) is 5.91 Å². The van der Waals surface area contributed by atoms with Gasteiger partial charge in [0.25, 0.3) is 5.91 Å². The number of rotatable bonds is 4. The Hall–Kier alpha value is -2.63. The van der Waals surface area contributed by atoms with E-state index in [0.717, 1.165) is 0 Å². The maximum Gasteiger partial charge on any atom is 0.253 e. The summed E-state index contributed by atoms with van der Waals surface area (Å²) >= 11 is 0. The molecule has 0 spiro atoms. The van der Waals surface area contributed by atoms with Crippen molar-refractivity contribution in [2.24, 2.45) is 0 Å². The molecule has 6 nitrogen and oxygen atoms in total. The summed E-state index contributed by atoms with van der Waals surface area (Å²) in [6, 6.07) is 8.60. The van der Waals surface area contributed by atoms with Crippen LogP contribution < -0.4 is 5.32 Å². The highest BCUT2D eigenvalue weighted by Gasteiger charge is 2.09. The maximum absolute atomic E-state index is 11.8. The summed E-state index contributed by atoms with van der Waals surface area (Å²) in [4.78, 5) is 25.2. The Balaban J connectivity index is 2.04. The van der Waals surface area contributed by atoms with Crippen LogP contribution in [0.1, 0.15) is 10.4 Å². The molecule has 0 saturated heterocycles. The Bertz CT molecular complexity index is 605. The average molecular weight is 272 g/mol. The van der Waals surface area contributed by atoms with Gasteiger partial charge in [0.15, 0.2) is 0 Å². The first kappa shape index (κ1) is 13.8. The number of anilines is 1. The first-order valence-corrected chi connectivity index (χ1v) is 6.15. The van der Waals surface area contributed by atoms with Crippen molar-refractivity contribution in [3.8, 4) is 0 Å². The van der Waals surface area contributed by atoms with Crippen LogP contribution in [0.2, 0.25) is 0 Å². The van der Waals surface area contributed by atoms with Crippen molar-refractivity contribution in [3.05, 3.63) is 48.3 Å². The fourth-order valence-electron chi connectivity index (χ4n) is 1.73. The predicted molar refractivity (Wildman–Crippen MR) is 75.3 cm³/mol. The van der Waals surface area contributed by atoms with Crippen molar-refractivity contribution in [1.82, 2.24) is 14.7 Å². The second-order valence-corrected chi connectivity index (χ2v) is 4.53. The number of nitrogens with one attached hydrogen (secondary N) is 1. The number of carbonyl (C=O) groups is 2. The van der Waals surface area contributed by atoms with Crippen LogP contribution in [0, 0.1) is 0 Å². The van der Waals surface area contributed by atoms with Gasteiger partial charge in [-0.2, -0.15) is 5.10 Å². The van der Waals surface area contributed by atoms with Gasteiger partial charge in [-0.1, -0.05) is 6.07 Å². The minimum Gasteiger partial charge on any atom is -0.345 e. The Morgan fingerprint density at radius 3 is 2.75 bits per heavy atom. The molecule has 0 saturated carbocycles. The molecule has 1 heterocycles. The molecule has 1 aromatic heterocycles. The summed E-state index contributed by atoms with van der Waals surface area (Å²) in [7, 11) is 3.37. The quantitative estimate of drug-likeness (QED) is 0.910.